The van der Waals surface area contributed by atoms with E-state index < -0.39 is 12.1 Å². The zero-order valence-electron chi connectivity index (χ0n) is 10.5. The van der Waals surface area contributed by atoms with Crippen molar-refractivity contribution >= 4 is 11.8 Å². The number of carbonyl (C=O) groups excluding carboxylic acids is 2. The molecule has 0 atom stereocenters. The zero-order chi connectivity index (χ0) is 14.3. The molecule has 0 heterocycles. The van der Waals surface area contributed by atoms with Crippen molar-refractivity contribution in [3.63, 3.8) is 0 Å². The molecule has 1 fully saturated rings. The molecule has 0 aliphatic heterocycles. The summed E-state index contributed by atoms with van der Waals surface area (Å²) in [5.74, 6) is -2.18. The van der Waals surface area contributed by atoms with Crippen LogP contribution < -0.4 is 10.6 Å². The first-order chi connectivity index (χ1) is 8.89. The molecule has 0 aromatic rings. The number of amides is 2. The van der Waals surface area contributed by atoms with Crippen LogP contribution >= 0.6 is 0 Å². The van der Waals surface area contributed by atoms with Gasteiger partial charge in [0.1, 0.15) is 0 Å². The summed E-state index contributed by atoms with van der Waals surface area (Å²) >= 11 is 0. The van der Waals surface area contributed by atoms with Crippen molar-refractivity contribution in [1.29, 1.82) is 0 Å². The molecule has 0 saturated heterocycles. The van der Waals surface area contributed by atoms with Crippen LogP contribution in [-0.2, 0) is 9.59 Å². The summed E-state index contributed by atoms with van der Waals surface area (Å²) in [6.45, 7) is 0.121. The van der Waals surface area contributed by atoms with E-state index in [1.165, 1.54) is 0 Å². The third kappa shape index (κ3) is 6.26. The standard InChI is InChI=1S/C12H17F3N2O2/c13-12(14,15)11(19)17-7-3-6-16-10(18)8-9-4-1-2-5-9/h8H,1-7H2,(H,16,18)(H,17,19). The molecule has 0 unspecified atom stereocenters. The van der Waals surface area contributed by atoms with Gasteiger partial charge in [-0.3, -0.25) is 9.59 Å². The highest BCUT2D eigenvalue weighted by Crippen LogP contribution is 2.23. The number of alkyl halides is 3. The first kappa shape index (κ1) is 15.5. The molecule has 1 saturated carbocycles. The van der Waals surface area contributed by atoms with Gasteiger partial charge in [-0.1, -0.05) is 5.57 Å². The third-order valence-electron chi connectivity index (χ3n) is 2.78. The first-order valence-corrected chi connectivity index (χ1v) is 6.22. The highest BCUT2D eigenvalue weighted by atomic mass is 19.4. The van der Waals surface area contributed by atoms with Crippen LogP contribution in [0.5, 0.6) is 0 Å². The molecule has 1 rings (SSSR count). The summed E-state index contributed by atoms with van der Waals surface area (Å²) in [7, 11) is 0. The van der Waals surface area contributed by atoms with Crippen molar-refractivity contribution in [2.75, 3.05) is 13.1 Å². The fourth-order valence-electron chi connectivity index (χ4n) is 1.81. The van der Waals surface area contributed by atoms with E-state index in [9.17, 15) is 22.8 Å². The fraction of sp³-hybridized carbons (Fsp3) is 0.667. The fourth-order valence-corrected chi connectivity index (χ4v) is 1.81. The molecule has 7 heteroatoms. The summed E-state index contributed by atoms with van der Waals surface area (Å²) < 4.78 is 35.5. The van der Waals surface area contributed by atoms with Crippen molar-refractivity contribution in [3.05, 3.63) is 11.6 Å². The molecule has 0 bridgehead atoms. The predicted molar refractivity (Wildman–Crippen MR) is 63.2 cm³/mol. The quantitative estimate of drug-likeness (QED) is 0.593. The van der Waals surface area contributed by atoms with Crippen LogP contribution in [0, 0.1) is 0 Å². The SMILES string of the molecule is O=C(C=C1CCCC1)NCCCNC(=O)C(F)(F)F. The Morgan fingerprint density at radius 3 is 2.26 bits per heavy atom. The van der Waals surface area contributed by atoms with Gasteiger partial charge < -0.3 is 10.6 Å². The van der Waals surface area contributed by atoms with E-state index >= 15 is 0 Å². The molecule has 108 valence electrons. The number of allylic oxidation sites excluding steroid dienone is 1. The minimum absolute atomic E-state index is 0.116. The van der Waals surface area contributed by atoms with E-state index in [-0.39, 0.29) is 25.4 Å². The van der Waals surface area contributed by atoms with Gasteiger partial charge in [-0.15, -0.1) is 0 Å². The van der Waals surface area contributed by atoms with Crippen LogP contribution in [-0.4, -0.2) is 31.1 Å². The Bertz CT molecular complexity index is 356. The maximum absolute atomic E-state index is 11.8. The van der Waals surface area contributed by atoms with Gasteiger partial charge in [-0.05, 0) is 32.1 Å². The Labute approximate surface area is 109 Å². The van der Waals surface area contributed by atoms with Crippen LogP contribution in [0.15, 0.2) is 11.6 Å². The van der Waals surface area contributed by atoms with E-state index in [0.717, 1.165) is 31.3 Å². The average molecular weight is 278 g/mol. The van der Waals surface area contributed by atoms with Gasteiger partial charge in [-0.2, -0.15) is 13.2 Å². The van der Waals surface area contributed by atoms with Gasteiger partial charge in [0.15, 0.2) is 0 Å². The van der Waals surface area contributed by atoms with Crippen LogP contribution in [0.25, 0.3) is 0 Å². The van der Waals surface area contributed by atoms with Crippen LogP contribution in [0.3, 0.4) is 0 Å². The van der Waals surface area contributed by atoms with E-state index in [2.05, 4.69) is 5.32 Å². The third-order valence-corrected chi connectivity index (χ3v) is 2.78. The average Bonchev–Trinajstić information content (AvgIpc) is 2.79. The Kier molecular flexibility index (Phi) is 5.85. The lowest BCUT2D eigenvalue weighted by molar-refractivity contribution is -0.173. The Morgan fingerprint density at radius 1 is 1.11 bits per heavy atom. The lowest BCUT2D eigenvalue weighted by Crippen LogP contribution is -2.38. The van der Waals surface area contributed by atoms with Gasteiger partial charge in [0.25, 0.3) is 0 Å². The molecule has 0 radical (unpaired) electrons. The lowest BCUT2D eigenvalue weighted by atomic mass is 10.2. The van der Waals surface area contributed by atoms with Gasteiger partial charge >= 0.3 is 12.1 Å². The molecular formula is C12H17F3N2O2. The number of halogens is 3. The normalized spacial score (nSPS) is 15.2. The number of hydrogen-bond donors (Lipinski definition) is 2. The predicted octanol–water partition coefficient (Wildman–Crippen LogP) is 1.67. The van der Waals surface area contributed by atoms with Crippen LogP contribution in [0.1, 0.15) is 32.1 Å². The summed E-state index contributed by atoms with van der Waals surface area (Å²) in [4.78, 5) is 21.9. The summed E-state index contributed by atoms with van der Waals surface area (Å²) in [6, 6.07) is 0. The van der Waals surface area contributed by atoms with Crippen molar-refractivity contribution in [2.24, 2.45) is 0 Å². The molecule has 19 heavy (non-hydrogen) atoms. The van der Waals surface area contributed by atoms with Gasteiger partial charge in [-0.25, -0.2) is 0 Å². The number of nitrogens with one attached hydrogen (secondary N) is 2. The van der Waals surface area contributed by atoms with Crippen molar-refractivity contribution in [3.8, 4) is 0 Å². The second kappa shape index (κ2) is 7.16. The van der Waals surface area contributed by atoms with E-state index in [0.29, 0.717) is 0 Å². The van der Waals surface area contributed by atoms with E-state index in [1.54, 1.807) is 11.4 Å². The highest BCUT2D eigenvalue weighted by molar-refractivity contribution is 5.88. The maximum Gasteiger partial charge on any atom is 0.471 e. The molecule has 4 nitrogen and oxygen atoms in total. The van der Waals surface area contributed by atoms with Gasteiger partial charge in [0.05, 0.1) is 0 Å². The molecule has 0 spiro atoms. The second-order valence-corrected chi connectivity index (χ2v) is 4.41. The number of carbonyl (C=O) groups is 2. The van der Waals surface area contributed by atoms with Gasteiger partial charge in [0, 0.05) is 19.2 Å². The van der Waals surface area contributed by atoms with Crippen molar-refractivity contribution in [2.45, 2.75) is 38.3 Å². The summed E-state index contributed by atoms with van der Waals surface area (Å²) in [5, 5.41) is 4.31. The Balaban J connectivity index is 2.09. The molecule has 0 aromatic heterocycles. The summed E-state index contributed by atoms with van der Waals surface area (Å²) in [5.41, 5.74) is 1.11. The zero-order valence-corrected chi connectivity index (χ0v) is 10.5. The number of hydrogen-bond acceptors (Lipinski definition) is 2. The largest absolute Gasteiger partial charge is 0.471 e. The second-order valence-electron chi connectivity index (χ2n) is 4.41. The molecule has 0 aromatic carbocycles. The smallest absolute Gasteiger partial charge is 0.352 e. The van der Waals surface area contributed by atoms with E-state index in [4.69, 9.17) is 0 Å². The molecular weight excluding hydrogens is 261 g/mol. The van der Waals surface area contributed by atoms with E-state index in [1.807, 2.05) is 0 Å². The topological polar surface area (TPSA) is 58.2 Å². The van der Waals surface area contributed by atoms with Crippen molar-refractivity contribution in [1.82, 2.24) is 10.6 Å². The van der Waals surface area contributed by atoms with Gasteiger partial charge in [0.2, 0.25) is 5.91 Å². The minimum atomic E-state index is -4.85. The molecule has 2 N–H and O–H groups in total. The number of rotatable bonds is 5. The monoisotopic (exact) mass is 278 g/mol. The maximum atomic E-state index is 11.8. The summed E-state index contributed by atoms with van der Waals surface area (Å²) in [6.07, 6.45) is 1.05. The highest BCUT2D eigenvalue weighted by Gasteiger charge is 2.38. The first-order valence-electron chi connectivity index (χ1n) is 6.22. The molecule has 1 aliphatic carbocycles. The minimum Gasteiger partial charge on any atom is -0.352 e. The Morgan fingerprint density at radius 2 is 1.68 bits per heavy atom. The molecule has 1 aliphatic rings. The van der Waals surface area contributed by atoms with Crippen molar-refractivity contribution < 1.29 is 22.8 Å². The van der Waals surface area contributed by atoms with Crippen LogP contribution in [0.4, 0.5) is 13.2 Å². The molecule has 2 amide bonds. The van der Waals surface area contributed by atoms with Crippen LogP contribution in [0.2, 0.25) is 0 Å². The Hall–Kier alpha value is -1.53. The lowest BCUT2D eigenvalue weighted by Gasteiger charge is -2.07.